The number of rotatable bonds is 8. The third-order valence-corrected chi connectivity index (χ3v) is 9.22. The van der Waals surface area contributed by atoms with Crippen molar-refractivity contribution < 1.29 is 19.7 Å². The van der Waals surface area contributed by atoms with E-state index in [1.807, 2.05) is 24.3 Å². The zero-order valence-electron chi connectivity index (χ0n) is 24.3. The average molecular weight is 577 g/mol. The Balaban J connectivity index is 1.39. The fraction of sp³-hybridized carbons (Fsp3) is 0.150. The number of ether oxygens (including phenoxy) is 2. The van der Waals surface area contributed by atoms with Gasteiger partial charge in [-0.2, -0.15) is 0 Å². The van der Waals surface area contributed by atoms with Gasteiger partial charge in [0.2, 0.25) is 0 Å². The molecule has 2 N–H and O–H groups in total. The molecule has 0 heterocycles. The van der Waals surface area contributed by atoms with Crippen molar-refractivity contribution in [1.29, 1.82) is 0 Å². The molecular formula is C40H32O4. The summed E-state index contributed by atoms with van der Waals surface area (Å²) in [6.45, 7) is 0.529. The smallest absolute Gasteiger partial charge is 0.120 e. The molecule has 0 atom stereocenters. The molecule has 8 rings (SSSR count). The second kappa shape index (κ2) is 10.7. The van der Waals surface area contributed by atoms with Crippen LogP contribution in [0.25, 0.3) is 43.1 Å². The minimum absolute atomic E-state index is 0.0119. The molecule has 0 amide bonds. The van der Waals surface area contributed by atoms with Crippen LogP contribution in [0, 0.1) is 0 Å². The lowest BCUT2D eigenvalue weighted by Gasteiger charge is -2.41. The number of fused-ring (bicyclic) bond motifs is 2. The van der Waals surface area contributed by atoms with Gasteiger partial charge in [0, 0.05) is 5.41 Å². The van der Waals surface area contributed by atoms with Crippen LogP contribution in [0.4, 0.5) is 0 Å². The minimum atomic E-state index is -0.428. The first-order valence-electron chi connectivity index (χ1n) is 15.2. The molecule has 1 aliphatic carbocycles. The summed E-state index contributed by atoms with van der Waals surface area (Å²) in [4.78, 5) is 0. The van der Waals surface area contributed by atoms with Gasteiger partial charge in [-0.1, -0.05) is 84.9 Å². The third kappa shape index (κ3) is 4.22. The summed E-state index contributed by atoms with van der Waals surface area (Å²) >= 11 is 0. The van der Waals surface area contributed by atoms with Gasteiger partial charge in [-0.05, 0) is 108 Å². The van der Waals surface area contributed by atoms with E-state index < -0.39 is 5.41 Å². The van der Waals surface area contributed by atoms with Crippen LogP contribution in [-0.4, -0.2) is 36.6 Å². The first-order chi connectivity index (χ1) is 21.7. The Morgan fingerprint density at radius 1 is 0.500 bits per heavy atom. The molecule has 0 spiro atoms. The zero-order chi connectivity index (χ0) is 29.7. The molecule has 0 aromatic heterocycles. The molecule has 0 saturated heterocycles. The SMILES string of the molecule is OCCOc1ccc2cc(C3(c4ccc5cc(OCCO)ccc5c4)Cc4cccc5ccc6cccc3c6c45)ccc2c1. The van der Waals surface area contributed by atoms with Crippen LogP contribution in [0.3, 0.4) is 0 Å². The second-order valence-corrected chi connectivity index (χ2v) is 11.7. The largest absolute Gasteiger partial charge is 0.491 e. The predicted octanol–water partition coefficient (Wildman–Crippen LogP) is 7.93. The van der Waals surface area contributed by atoms with E-state index in [1.54, 1.807) is 0 Å². The van der Waals surface area contributed by atoms with Crippen molar-refractivity contribution in [2.75, 3.05) is 26.4 Å². The Hall–Kier alpha value is -4.90. The van der Waals surface area contributed by atoms with Gasteiger partial charge in [-0.15, -0.1) is 0 Å². The molecule has 0 aliphatic heterocycles. The summed E-state index contributed by atoms with van der Waals surface area (Å²) in [5.74, 6) is 1.52. The van der Waals surface area contributed by atoms with Crippen molar-refractivity contribution in [3.05, 3.63) is 144 Å². The number of aliphatic hydroxyl groups is 2. The molecule has 0 radical (unpaired) electrons. The highest BCUT2D eigenvalue weighted by atomic mass is 16.5. The lowest BCUT2D eigenvalue weighted by atomic mass is 9.61. The topological polar surface area (TPSA) is 58.9 Å². The lowest BCUT2D eigenvalue weighted by Crippen LogP contribution is -2.34. The Morgan fingerprint density at radius 2 is 1.00 bits per heavy atom. The Kier molecular flexibility index (Phi) is 6.48. The molecule has 4 nitrogen and oxygen atoms in total. The molecule has 0 unspecified atom stereocenters. The van der Waals surface area contributed by atoms with E-state index >= 15 is 0 Å². The summed E-state index contributed by atoms with van der Waals surface area (Å²) in [7, 11) is 0. The van der Waals surface area contributed by atoms with Crippen molar-refractivity contribution >= 4 is 43.1 Å². The molecule has 4 heteroatoms. The fourth-order valence-corrected chi connectivity index (χ4v) is 7.28. The van der Waals surface area contributed by atoms with Crippen LogP contribution in [0.5, 0.6) is 11.5 Å². The van der Waals surface area contributed by atoms with Gasteiger partial charge in [0.25, 0.3) is 0 Å². The van der Waals surface area contributed by atoms with Gasteiger partial charge in [0.15, 0.2) is 0 Å². The summed E-state index contributed by atoms with van der Waals surface area (Å²) in [6.07, 6.45) is 0.840. The van der Waals surface area contributed by atoms with Crippen molar-refractivity contribution in [3.63, 3.8) is 0 Å². The van der Waals surface area contributed by atoms with E-state index in [-0.39, 0.29) is 26.4 Å². The molecule has 7 aromatic rings. The van der Waals surface area contributed by atoms with Crippen molar-refractivity contribution in [1.82, 2.24) is 0 Å². The quantitative estimate of drug-likeness (QED) is 0.180. The maximum absolute atomic E-state index is 9.22. The van der Waals surface area contributed by atoms with Crippen LogP contribution in [0.2, 0.25) is 0 Å². The van der Waals surface area contributed by atoms with E-state index in [4.69, 9.17) is 9.47 Å². The molecule has 0 fully saturated rings. The van der Waals surface area contributed by atoms with E-state index in [9.17, 15) is 10.2 Å². The molecule has 1 aliphatic rings. The standard InChI is InChI=1S/C40H32O4/c41-17-19-43-35-15-11-28-21-33(13-9-30(28)23-35)40(34-14-10-31-24-36(44-20-18-42)16-12-29(31)22-34)25-32-5-1-3-26-7-8-27-4-2-6-37(40)39(27)38(26)32/h1-16,21-24,41-42H,17-20,25H2. The monoisotopic (exact) mass is 576 g/mol. The predicted molar refractivity (Wildman–Crippen MR) is 178 cm³/mol. The van der Waals surface area contributed by atoms with Gasteiger partial charge < -0.3 is 19.7 Å². The highest BCUT2D eigenvalue weighted by Gasteiger charge is 2.41. The Labute approximate surface area is 255 Å². The van der Waals surface area contributed by atoms with Crippen molar-refractivity contribution in [2.24, 2.45) is 0 Å². The van der Waals surface area contributed by atoms with Gasteiger partial charge >= 0.3 is 0 Å². The van der Waals surface area contributed by atoms with Gasteiger partial charge in [-0.25, -0.2) is 0 Å². The highest BCUT2D eigenvalue weighted by Crippen LogP contribution is 2.51. The van der Waals surface area contributed by atoms with E-state index in [2.05, 4.69) is 97.1 Å². The fourth-order valence-electron chi connectivity index (χ4n) is 7.28. The van der Waals surface area contributed by atoms with Crippen molar-refractivity contribution in [2.45, 2.75) is 11.8 Å². The third-order valence-electron chi connectivity index (χ3n) is 9.22. The number of hydrogen-bond acceptors (Lipinski definition) is 4. The molecule has 44 heavy (non-hydrogen) atoms. The summed E-state index contributed by atoms with van der Waals surface area (Å²) in [5.41, 5.74) is 4.74. The van der Waals surface area contributed by atoms with Crippen LogP contribution in [-0.2, 0) is 11.8 Å². The van der Waals surface area contributed by atoms with Gasteiger partial charge in [0.05, 0.1) is 13.2 Å². The van der Waals surface area contributed by atoms with Crippen LogP contribution in [0.1, 0.15) is 22.3 Å². The number of aliphatic hydroxyl groups excluding tert-OH is 2. The Morgan fingerprint density at radius 3 is 1.59 bits per heavy atom. The molecule has 0 bridgehead atoms. The minimum Gasteiger partial charge on any atom is -0.491 e. The summed E-state index contributed by atoms with van der Waals surface area (Å²) in [5, 5.41) is 28.1. The second-order valence-electron chi connectivity index (χ2n) is 11.7. The molecule has 216 valence electrons. The Bertz CT molecular complexity index is 2110. The lowest BCUT2D eigenvalue weighted by molar-refractivity contribution is 0.201. The highest BCUT2D eigenvalue weighted by molar-refractivity contribution is 6.13. The molecule has 7 aromatic carbocycles. The summed E-state index contributed by atoms with van der Waals surface area (Å²) in [6, 6.07) is 43.9. The maximum Gasteiger partial charge on any atom is 0.120 e. The van der Waals surface area contributed by atoms with E-state index in [1.165, 1.54) is 43.8 Å². The summed E-state index contributed by atoms with van der Waals surface area (Å²) < 4.78 is 11.4. The molecular weight excluding hydrogens is 544 g/mol. The number of benzene rings is 7. The maximum atomic E-state index is 9.22. The molecule has 0 saturated carbocycles. The van der Waals surface area contributed by atoms with Gasteiger partial charge in [0.1, 0.15) is 24.7 Å². The normalized spacial score (nSPS) is 13.7. The van der Waals surface area contributed by atoms with Crippen LogP contribution in [0.15, 0.2) is 121 Å². The van der Waals surface area contributed by atoms with Gasteiger partial charge in [-0.3, -0.25) is 0 Å². The average Bonchev–Trinajstić information content (AvgIpc) is 3.08. The van der Waals surface area contributed by atoms with E-state index in [0.29, 0.717) is 0 Å². The van der Waals surface area contributed by atoms with Crippen molar-refractivity contribution in [3.8, 4) is 11.5 Å². The first kappa shape index (κ1) is 26.7. The van der Waals surface area contributed by atoms with Crippen LogP contribution < -0.4 is 9.47 Å². The zero-order valence-corrected chi connectivity index (χ0v) is 24.3. The van der Waals surface area contributed by atoms with E-state index in [0.717, 1.165) is 39.5 Å². The first-order valence-corrected chi connectivity index (χ1v) is 15.2. The number of hydrogen-bond donors (Lipinski definition) is 2. The van der Waals surface area contributed by atoms with Crippen LogP contribution >= 0.6 is 0 Å².